The Morgan fingerprint density at radius 1 is 0.414 bits per heavy atom. The van der Waals surface area contributed by atoms with Crippen molar-refractivity contribution in [3.63, 3.8) is 0 Å². The lowest BCUT2D eigenvalue weighted by atomic mass is 10.0. The first-order chi connectivity index (χ1) is 34.5. The number of carbonyl (C=O) groups is 2. The Bertz CT molecular complexity index is 1190. The summed E-state index contributed by atoms with van der Waals surface area (Å²) in [6.45, 7) is 6.49. The number of nitrogens with one attached hydrogen (secondary N) is 1. The molecule has 3 atom stereocenters. The second-order valence-corrected chi connectivity index (χ2v) is 21.2. The highest BCUT2D eigenvalue weighted by Gasteiger charge is 2.24. The van der Waals surface area contributed by atoms with Crippen LogP contribution in [-0.2, 0) is 14.3 Å². The molecule has 0 rings (SSSR count). The van der Waals surface area contributed by atoms with Crippen molar-refractivity contribution in [2.24, 2.45) is 0 Å². The van der Waals surface area contributed by atoms with E-state index in [2.05, 4.69) is 74.7 Å². The summed E-state index contributed by atoms with van der Waals surface area (Å²) >= 11 is 0. The lowest BCUT2D eigenvalue weighted by Crippen LogP contribution is -2.46. The van der Waals surface area contributed by atoms with Crippen LogP contribution in [0.1, 0.15) is 323 Å². The van der Waals surface area contributed by atoms with E-state index in [1.807, 2.05) is 0 Å². The third kappa shape index (κ3) is 52.2. The van der Waals surface area contributed by atoms with E-state index in [0.29, 0.717) is 19.3 Å². The van der Waals surface area contributed by atoms with Crippen molar-refractivity contribution in [2.45, 2.75) is 341 Å². The highest BCUT2D eigenvalue weighted by molar-refractivity contribution is 5.77. The maximum Gasteiger partial charge on any atom is 0.306 e. The normalized spacial score (nSPS) is 13.4. The van der Waals surface area contributed by atoms with Crippen LogP contribution in [0.3, 0.4) is 0 Å². The van der Waals surface area contributed by atoms with Crippen LogP contribution in [-0.4, -0.2) is 46.9 Å². The Balaban J connectivity index is 4.57. The van der Waals surface area contributed by atoms with Crippen LogP contribution in [0.5, 0.6) is 0 Å². The molecule has 0 heterocycles. The molecule has 0 saturated heterocycles. The molecule has 0 aromatic rings. The molecule has 70 heavy (non-hydrogen) atoms. The number of ether oxygens (including phenoxy) is 1. The molecule has 6 heteroatoms. The molecule has 0 bridgehead atoms. The molecule has 0 saturated carbocycles. The maximum absolute atomic E-state index is 13.3. The lowest BCUT2D eigenvalue weighted by molar-refractivity contribution is -0.151. The van der Waals surface area contributed by atoms with Gasteiger partial charge in [-0.1, -0.05) is 281 Å². The predicted octanol–water partition coefficient (Wildman–Crippen LogP) is 19.4. The van der Waals surface area contributed by atoms with Gasteiger partial charge in [0.25, 0.3) is 0 Å². The summed E-state index contributed by atoms with van der Waals surface area (Å²) in [7, 11) is 0. The Kier molecular flexibility index (Phi) is 55.9. The summed E-state index contributed by atoms with van der Waals surface area (Å²) in [5, 5.41) is 23.9. The van der Waals surface area contributed by atoms with Crippen LogP contribution in [0, 0.1) is 0 Å². The summed E-state index contributed by atoms with van der Waals surface area (Å²) in [5.74, 6) is -0.496. The van der Waals surface area contributed by atoms with Gasteiger partial charge in [0.05, 0.1) is 25.2 Å². The SMILES string of the molecule is CCCCCCC/C=C/C=C/C=C/CCCCCC(CC(=O)NC(CO)C(O)CCCCCCCCCCCCCCCCCC)OC(=O)CCCCCCCCCCC/C=C/CCCCCCCC. The van der Waals surface area contributed by atoms with Crippen molar-refractivity contribution in [1.29, 1.82) is 0 Å². The van der Waals surface area contributed by atoms with Gasteiger partial charge in [0.1, 0.15) is 6.10 Å². The van der Waals surface area contributed by atoms with Gasteiger partial charge in [-0.2, -0.15) is 0 Å². The zero-order chi connectivity index (χ0) is 50.9. The fourth-order valence-corrected chi connectivity index (χ4v) is 9.49. The lowest BCUT2D eigenvalue weighted by Gasteiger charge is -2.24. The van der Waals surface area contributed by atoms with E-state index in [9.17, 15) is 19.8 Å². The Labute approximate surface area is 436 Å². The van der Waals surface area contributed by atoms with E-state index in [1.165, 1.54) is 205 Å². The molecule has 0 aliphatic rings. The molecule has 3 N–H and O–H groups in total. The number of hydrogen-bond acceptors (Lipinski definition) is 5. The van der Waals surface area contributed by atoms with Crippen molar-refractivity contribution >= 4 is 11.9 Å². The molecule has 1 amide bonds. The fraction of sp³-hybridized carbons (Fsp3) is 0.844. The Hall–Kier alpha value is -2.18. The van der Waals surface area contributed by atoms with E-state index in [4.69, 9.17) is 4.74 Å². The summed E-state index contributed by atoms with van der Waals surface area (Å²) in [4.78, 5) is 26.3. The van der Waals surface area contributed by atoms with Gasteiger partial charge in [0, 0.05) is 6.42 Å². The van der Waals surface area contributed by atoms with Gasteiger partial charge in [0.2, 0.25) is 5.91 Å². The van der Waals surface area contributed by atoms with E-state index in [0.717, 1.165) is 70.6 Å². The van der Waals surface area contributed by atoms with E-state index < -0.39 is 18.2 Å². The van der Waals surface area contributed by atoms with E-state index in [-0.39, 0.29) is 24.9 Å². The fourth-order valence-electron chi connectivity index (χ4n) is 9.49. The average Bonchev–Trinajstić information content (AvgIpc) is 3.35. The van der Waals surface area contributed by atoms with Crippen molar-refractivity contribution < 1.29 is 24.5 Å². The van der Waals surface area contributed by atoms with Crippen LogP contribution >= 0.6 is 0 Å². The first-order valence-corrected chi connectivity index (χ1v) is 30.9. The predicted molar refractivity (Wildman–Crippen MR) is 305 cm³/mol. The van der Waals surface area contributed by atoms with Gasteiger partial charge < -0.3 is 20.3 Å². The molecule has 0 aliphatic carbocycles. The molecule has 0 fully saturated rings. The molecular weight excluding hydrogens is 863 g/mol. The number of rotatable bonds is 56. The van der Waals surface area contributed by atoms with Gasteiger partial charge in [-0.15, -0.1) is 0 Å². The van der Waals surface area contributed by atoms with Crippen molar-refractivity contribution in [2.75, 3.05) is 6.61 Å². The minimum atomic E-state index is -0.798. The molecule has 6 nitrogen and oxygen atoms in total. The van der Waals surface area contributed by atoms with Crippen molar-refractivity contribution in [3.05, 3.63) is 48.6 Å². The number of aliphatic hydroxyl groups excluding tert-OH is 2. The Morgan fingerprint density at radius 3 is 1.14 bits per heavy atom. The van der Waals surface area contributed by atoms with E-state index >= 15 is 0 Å². The first-order valence-electron chi connectivity index (χ1n) is 30.9. The van der Waals surface area contributed by atoms with Crippen LogP contribution < -0.4 is 5.32 Å². The second kappa shape index (κ2) is 57.7. The van der Waals surface area contributed by atoms with Gasteiger partial charge in [-0.3, -0.25) is 9.59 Å². The van der Waals surface area contributed by atoms with Gasteiger partial charge in [-0.05, 0) is 77.0 Å². The van der Waals surface area contributed by atoms with Crippen LogP contribution in [0.4, 0.5) is 0 Å². The zero-order valence-corrected chi connectivity index (χ0v) is 46.9. The minimum absolute atomic E-state index is 0.0560. The molecule has 0 aromatic carbocycles. The number of aliphatic hydroxyl groups is 2. The van der Waals surface area contributed by atoms with Gasteiger partial charge >= 0.3 is 5.97 Å². The summed E-state index contributed by atoms with van der Waals surface area (Å²) in [6.07, 6.45) is 71.8. The minimum Gasteiger partial charge on any atom is -0.462 e. The number of carbonyl (C=O) groups excluding carboxylic acids is 2. The number of unbranched alkanes of at least 4 members (excludes halogenated alkanes) is 38. The topological polar surface area (TPSA) is 95.9 Å². The number of esters is 1. The highest BCUT2D eigenvalue weighted by atomic mass is 16.5. The number of allylic oxidation sites excluding steroid dienone is 8. The zero-order valence-electron chi connectivity index (χ0n) is 46.9. The summed E-state index contributed by atoms with van der Waals surface area (Å²) < 4.78 is 5.96. The summed E-state index contributed by atoms with van der Waals surface area (Å²) in [6, 6.07) is -0.714. The standard InChI is InChI=1S/C64H119NO5/c1-4-7-10-13-16-19-22-25-28-31-32-33-36-39-42-45-48-51-54-57-64(69)70-60(55-52-49-46-43-40-37-34-29-26-23-20-17-14-11-8-5-2)58-63(68)65-61(59-66)62(67)56-53-50-47-44-41-38-35-30-27-24-21-18-15-12-9-6-3/h23,25-26,28-29,34,37,40,60-62,66-67H,4-22,24,27,30-33,35-36,38-39,41-59H2,1-3H3,(H,65,68)/b26-23+,28-25+,34-29+,40-37+. The number of amides is 1. The molecule has 0 radical (unpaired) electrons. The van der Waals surface area contributed by atoms with Crippen LogP contribution in [0.2, 0.25) is 0 Å². The third-order valence-corrected chi connectivity index (χ3v) is 14.2. The Morgan fingerprint density at radius 2 is 0.743 bits per heavy atom. The quantitative estimate of drug-likeness (QED) is 0.0244. The molecular formula is C64H119NO5. The monoisotopic (exact) mass is 982 g/mol. The van der Waals surface area contributed by atoms with E-state index in [1.54, 1.807) is 0 Å². The molecule has 0 aromatic heterocycles. The largest absolute Gasteiger partial charge is 0.462 e. The van der Waals surface area contributed by atoms with Crippen LogP contribution in [0.15, 0.2) is 48.6 Å². The maximum atomic E-state index is 13.3. The molecule has 410 valence electrons. The highest BCUT2D eigenvalue weighted by Crippen LogP contribution is 2.18. The van der Waals surface area contributed by atoms with Gasteiger partial charge in [-0.25, -0.2) is 0 Å². The van der Waals surface area contributed by atoms with Crippen molar-refractivity contribution in [3.8, 4) is 0 Å². The first kappa shape index (κ1) is 67.8. The van der Waals surface area contributed by atoms with Crippen molar-refractivity contribution in [1.82, 2.24) is 5.32 Å². The molecule has 0 aliphatic heterocycles. The molecule has 3 unspecified atom stereocenters. The third-order valence-electron chi connectivity index (χ3n) is 14.2. The second-order valence-electron chi connectivity index (χ2n) is 21.2. The van der Waals surface area contributed by atoms with Gasteiger partial charge in [0.15, 0.2) is 0 Å². The summed E-state index contributed by atoms with van der Waals surface area (Å²) in [5.41, 5.74) is 0. The number of hydrogen-bond donors (Lipinski definition) is 3. The smallest absolute Gasteiger partial charge is 0.306 e. The average molecular weight is 983 g/mol. The van der Waals surface area contributed by atoms with Crippen LogP contribution in [0.25, 0.3) is 0 Å². The molecule has 0 spiro atoms.